The molecule has 3 heteroatoms. The molecule has 2 nitrogen and oxygen atoms in total. The lowest BCUT2D eigenvalue weighted by Crippen LogP contribution is -1.92. The molecule has 72 valence electrons. The molecule has 1 N–H and O–H groups in total. The topological polar surface area (TPSA) is 37.3 Å². The zero-order chi connectivity index (χ0) is 9.61. The first kappa shape index (κ1) is 11.9. The number of hydrogen-bond acceptors (Lipinski definition) is 1. The second-order valence-electron chi connectivity index (χ2n) is 3.39. The van der Waals surface area contributed by atoms with E-state index in [9.17, 15) is 9.46 Å². The first-order chi connectivity index (χ1) is 5.48. The molecule has 0 aliphatic rings. The third kappa shape index (κ3) is 6.63. The van der Waals surface area contributed by atoms with E-state index < -0.39 is 7.37 Å². The Morgan fingerprint density at radius 1 is 1.50 bits per heavy atom. The van der Waals surface area contributed by atoms with Gasteiger partial charge in [-0.3, -0.25) is 4.57 Å². The molecular weight excluding hydrogens is 171 g/mol. The maximum Gasteiger partial charge on any atom is 0.204 e. The van der Waals surface area contributed by atoms with Gasteiger partial charge >= 0.3 is 0 Å². The Kier molecular flexibility index (Phi) is 5.52. The van der Waals surface area contributed by atoms with Crippen LogP contribution in [0.15, 0.2) is 11.6 Å². The Hall–Kier alpha value is -0.0700. The maximum absolute atomic E-state index is 11.4. The van der Waals surface area contributed by atoms with Gasteiger partial charge in [-0.25, -0.2) is 0 Å². The standard InChI is InChI=1S/C9H19O2P/c1-4-5-7-12(10,11)8-6-9(2)3/h6H,4-5,7-8H2,1-3H3,(H,10,11). The molecular formula is C9H19O2P. The first-order valence-corrected chi connectivity index (χ1v) is 6.45. The molecule has 0 aliphatic carbocycles. The fourth-order valence-electron chi connectivity index (χ4n) is 0.822. The zero-order valence-electron chi connectivity index (χ0n) is 8.21. The molecule has 0 heterocycles. The molecule has 0 spiro atoms. The Morgan fingerprint density at radius 2 is 2.08 bits per heavy atom. The van der Waals surface area contributed by atoms with E-state index in [1.54, 1.807) is 0 Å². The molecule has 1 atom stereocenters. The van der Waals surface area contributed by atoms with Crippen molar-refractivity contribution in [3.63, 3.8) is 0 Å². The van der Waals surface area contributed by atoms with Crippen LogP contribution in [0.2, 0.25) is 0 Å². The largest absolute Gasteiger partial charge is 0.344 e. The van der Waals surface area contributed by atoms with Crippen LogP contribution in [0.5, 0.6) is 0 Å². The van der Waals surface area contributed by atoms with Gasteiger partial charge in [0.2, 0.25) is 7.37 Å². The van der Waals surface area contributed by atoms with Crippen LogP contribution < -0.4 is 0 Å². The van der Waals surface area contributed by atoms with Crippen LogP contribution in [-0.4, -0.2) is 17.2 Å². The molecule has 1 unspecified atom stereocenters. The van der Waals surface area contributed by atoms with Crippen molar-refractivity contribution >= 4 is 7.37 Å². The van der Waals surface area contributed by atoms with Gasteiger partial charge in [-0.15, -0.1) is 0 Å². The summed E-state index contributed by atoms with van der Waals surface area (Å²) in [6.45, 7) is 5.92. The van der Waals surface area contributed by atoms with Crippen molar-refractivity contribution < 1.29 is 9.46 Å². The fourth-order valence-corrected chi connectivity index (χ4v) is 2.47. The smallest absolute Gasteiger partial charge is 0.204 e. The van der Waals surface area contributed by atoms with E-state index in [4.69, 9.17) is 0 Å². The second-order valence-corrected chi connectivity index (χ2v) is 5.89. The SMILES string of the molecule is CCCCP(=O)(O)CC=C(C)C. The van der Waals surface area contributed by atoms with Crippen LogP contribution in [0, 0.1) is 0 Å². The van der Waals surface area contributed by atoms with Crippen molar-refractivity contribution in [3.8, 4) is 0 Å². The molecule has 0 saturated heterocycles. The van der Waals surface area contributed by atoms with Gasteiger partial charge in [-0.2, -0.15) is 0 Å². The van der Waals surface area contributed by atoms with Crippen LogP contribution in [0.3, 0.4) is 0 Å². The highest BCUT2D eigenvalue weighted by atomic mass is 31.2. The zero-order valence-corrected chi connectivity index (χ0v) is 9.10. The number of rotatable bonds is 5. The van der Waals surface area contributed by atoms with Crippen molar-refractivity contribution in [3.05, 3.63) is 11.6 Å². The number of unbranched alkanes of at least 4 members (excludes halogenated alkanes) is 1. The summed E-state index contributed by atoms with van der Waals surface area (Å²) in [7, 11) is -2.84. The van der Waals surface area contributed by atoms with E-state index in [1.165, 1.54) is 0 Å². The van der Waals surface area contributed by atoms with Crippen molar-refractivity contribution in [1.82, 2.24) is 0 Å². The molecule has 0 radical (unpaired) electrons. The molecule has 0 aliphatic heterocycles. The minimum Gasteiger partial charge on any atom is -0.344 e. The lowest BCUT2D eigenvalue weighted by atomic mass is 10.3. The molecule has 0 saturated carbocycles. The summed E-state index contributed by atoms with van der Waals surface area (Å²) < 4.78 is 11.4. The van der Waals surface area contributed by atoms with E-state index in [1.807, 2.05) is 26.8 Å². The van der Waals surface area contributed by atoms with Crippen molar-refractivity contribution in [1.29, 1.82) is 0 Å². The summed E-state index contributed by atoms with van der Waals surface area (Å²) in [5.41, 5.74) is 1.11. The highest BCUT2D eigenvalue weighted by Gasteiger charge is 2.14. The van der Waals surface area contributed by atoms with E-state index >= 15 is 0 Å². The number of hydrogen-bond donors (Lipinski definition) is 1. The van der Waals surface area contributed by atoms with Gasteiger partial charge in [-0.1, -0.05) is 25.0 Å². The van der Waals surface area contributed by atoms with E-state index in [-0.39, 0.29) is 0 Å². The summed E-state index contributed by atoms with van der Waals surface area (Å²) in [5.74, 6) is 0. The Bertz CT molecular complexity index is 193. The molecule has 0 rings (SSSR count). The second kappa shape index (κ2) is 5.55. The van der Waals surface area contributed by atoms with Gasteiger partial charge < -0.3 is 4.89 Å². The van der Waals surface area contributed by atoms with Crippen LogP contribution >= 0.6 is 7.37 Å². The molecule has 0 aromatic heterocycles. The van der Waals surface area contributed by atoms with Crippen molar-refractivity contribution in [2.75, 3.05) is 12.3 Å². The first-order valence-electron chi connectivity index (χ1n) is 4.42. The molecule has 0 bridgehead atoms. The fraction of sp³-hybridized carbons (Fsp3) is 0.778. The van der Waals surface area contributed by atoms with Gasteiger partial charge in [0, 0.05) is 12.3 Å². The summed E-state index contributed by atoms with van der Waals surface area (Å²) in [5, 5.41) is 0. The maximum atomic E-state index is 11.4. The van der Waals surface area contributed by atoms with Gasteiger partial charge in [0.25, 0.3) is 0 Å². The molecule has 0 fully saturated rings. The monoisotopic (exact) mass is 190 g/mol. The molecule has 0 aromatic rings. The third-order valence-electron chi connectivity index (χ3n) is 1.65. The highest BCUT2D eigenvalue weighted by molar-refractivity contribution is 7.58. The van der Waals surface area contributed by atoms with Crippen molar-refractivity contribution in [2.24, 2.45) is 0 Å². The molecule has 0 aromatic carbocycles. The highest BCUT2D eigenvalue weighted by Crippen LogP contribution is 2.41. The van der Waals surface area contributed by atoms with Gasteiger partial charge in [0.05, 0.1) is 0 Å². The minimum absolute atomic E-state index is 0.343. The van der Waals surface area contributed by atoms with Gasteiger partial charge in [0.1, 0.15) is 0 Å². The average Bonchev–Trinajstić information content (AvgIpc) is 1.98. The van der Waals surface area contributed by atoms with Gasteiger partial charge in [-0.05, 0) is 20.3 Å². The Labute approximate surface area is 75.1 Å². The summed E-state index contributed by atoms with van der Waals surface area (Å²) in [6, 6.07) is 0. The van der Waals surface area contributed by atoms with Crippen molar-refractivity contribution in [2.45, 2.75) is 33.6 Å². The van der Waals surface area contributed by atoms with Gasteiger partial charge in [0.15, 0.2) is 0 Å². The van der Waals surface area contributed by atoms with Crippen LogP contribution in [0.25, 0.3) is 0 Å². The molecule has 0 amide bonds. The summed E-state index contributed by atoms with van der Waals surface area (Å²) in [6.07, 6.45) is 4.49. The van der Waals surface area contributed by atoms with E-state index in [2.05, 4.69) is 0 Å². The van der Waals surface area contributed by atoms with E-state index in [0.29, 0.717) is 12.3 Å². The third-order valence-corrected chi connectivity index (χ3v) is 3.41. The lowest BCUT2D eigenvalue weighted by Gasteiger charge is -2.07. The Balaban J connectivity index is 3.88. The predicted molar refractivity (Wildman–Crippen MR) is 53.9 cm³/mol. The summed E-state index contributed by atoms with van der Waals surface area (Å²) in [4.78, 5) is 9.41. The molecule has 12 heavy (non-hydrogen) atoms. The van der Waals surface area contributed by atoms with Crippen LogP contribution in [-0.2, 0) is 4.57 Å². The van der Waals surface area contributed by atoms with Crippen LogP contribution in [0.4, 0.5) is 0 Å². The van der Waals surface area contributed by atoms with Crippen LogP contribution in [0.1, 0.15) is 33.6 Å². The van der Waals surface area contributed by atoms with E-state index in [0.717, 1.165) is 18.4 Å². The Morgan fingerprint density at radius 3 is 2.50 bits per heavy atom. The lowest BCUT2D eigenvalue weighted by molar-refractivity contribution is 0.479. The quantitative estimate of drug-likeness (QED) is 0.534. The predicted octanol–water partition coefficient (Wildman–Crippen LogP) is 3.02. The normalized spacial score (nSPS) is 15.3. The average molecular weight is 190 g/mol. The minimum atomic E-state index is -2.84. The number of allylic oxidation sites excluding steroid dienone is 2. The summed E-state index contributed by atoms with van der Waals surface area (Å²) >= 11 is 0.